The zero-order valence-electron chi connectivity index (χ0n) is 22.8. The molecular weight excluding hydrogens is 579 g/mol. The molecule has 0 unspecified atom stereocenters. The lowest BCUT2D eigenvalue weighted by molar-refractivity contribution is -0.117. The Bertz CT molecular complexity index is 1730. The fraction of sp³-hybridized carbons (Fsp3) is 0.226. The van der Waals surface area contributed by atoms with Gasteiger partial charge in [-0.25, -0.2) is 14.0 Å². The number of carbonyl (C=O) groups excluding carboxylic acids is 1. The number of rotatable bonds is 9. The molecule has 1 aliphatic rings. The van der Waals surface area contributed by atoms with E-state index < -0.39 is 16.1 Å². The van der Waals surface area contributed by atoms with Crippen LogP contribution in [-0.2, 0) is 21.4 Å². The molecule has 41 heavy (non-hydrogen) atoms. The fourth-order valence-corrected chi connectivity index (χ4v) is 6.42. The van der Waals surface area contributed by atoms with Gasteiger partial charge in [-0.05, 0) is 66.4 Å². The smallest absolute Gasteiger partial charge is 0.303 e. The van der Waals surface area contributed by atoms with Gasteiger partial charge in [0.1, 0.15) is 12.4 Å². The summed E-state index contributed by atoms with van der Waals surface area (Å²) in [5.74, 6) is 0.168. The molecule has 0 saturated carbocycles. The topological polar surface area (TPSA) is 84.3 Å². The van der Waals surface area contributed by atoms with Crippen molar-refractivity contribution < 1.29 is 13.2 Å². The summed E-state index contributed by atoms with van der Waals surface area (Å²) in [6.45, 7) is 4.06. The summed E-state index contributed by atoms with van der Waals surface area (Å²) >= 11 is 12.7. The quantitative estimate of drug-likeness (QED) is 0.203. The van der Waals surface area contributed by atoms with Gasteiger partial charge in [-0.15, -0.1) is 0 Å². The third-order valence-corrected chi connectivity index (χ3v) is 8.94. The number of halogens is 2. The first kappa shape index (κ1) is 28.9. The van der Waals surface area contributed by atoms with Crippen molar-refractivity contribution >= 4 is 50.6 Å². The Hall–Kier alpha value is -3.59. The van der Waals surface area contributed by atoms with E-state index in [0.29, 0.717) is 33.5 Å². The molecule has 10 heteroatoms. The summed E-state index contributed by atoms with van der Waals surface area (Å²) in [6, 6.07) is 20.7. The van der Waals surface area contributed by atoms with Crippen molar-refractivity contribution in [1.82, 2.24) is 14.3 Å². The van der Waals surface area contributed by atoms with Gasteiger partial charge in [-0.1, -0.05) is 79.4 Å². The zero-order valence-corrected chi connectivity index (χ0v) is 25.1. The number of aromatic nitrogens is 2. The number of imidazole rings is 1. The molecule has 1 fully saturated rings. The van der Waals surface area contributed by atoms with E-state index in [9.17, 15) is 13.2 Å². The SMILES string of the molecule is CCCC/C=C(\C)c1ccc(Cc2nc(-c3ccc(Cl)cc3Cl)cn2-c2cccc(N3CC(=O)NS3(=O)=O)c2)cc1. The lowest BCUT2D eigenvalue weighted by atomic mass is 10.0. The predicted molar refractivity (Wildman–Crippen MR) is 166 cm³/mol. The number of benzene rings is 3. The van der Waals surface area contributed by atoms with Crippen molar-refractivity contribution in [2.45, 2.75) is 39.5 Å². The molecule has 7 nitrogen and oxygen atoms in total. The number of nitrogens with zero attached hydrogens (tertiary/aromatic N) is 3. The maximum absolute atomic E-state index is 12.5. The molecular formula is C31H30Cl2N4O3S. The average molecular weight is 610 g/mol. The first-order valence-electron chi connectivity index (χ1n) is 13.4. The Balaban J connectivity index is 1.52. The molecule has 1 aliphatic heterocycles. The molecule has 212 valence electrons. The molecule has 1 N–H and O–H groups in total. The van der Waals surface area contributed by atoms with Crippen molar-refractivity contribution in [2.24, 2.45) is 0 Å². The number of hydrogen-bond donors (Lipinski definition) is 1. The standard InChI is InChI=1S/C31H30Cl2N4O3S/c1-3-4-5-7-21(2)23-12-10-22(11-13-23)16-30-34-29(27-15-14-24(32)17-28(27)33)19-36(30)25-8-6-9-26(18-25)37-20-31(38)35-41(37,39)40/h6-15,17-19H,3-5,16,20H2,1-2H3,(H,35,38)/b21-7+. The van der Waals surface area contributed by atoms with Gasteiger partial charge in [0.25, 0.3) is 5.91 Å². The first-order chi connectivity index (χ1) is 19.6. The highest BCUT2D eigenvalue weighted by Crippen LogP contribution is 2.32. The van der Waals surface area contributed by atoms with E-state index in [1.165, 1.54) is 24.0 Å². The average Bonchev–Trinajstić information content (AvgIpc) is 3.47. The van der Waals surface area contributed by atoms with E-state index in [4.69, 9.17) is 28.2 Å². The summed E-state index contributed by atoms with van der Waals surface area (Å²) in [4.78, 5) is 16.8. The third-order valence-electron chi connectivity index (χ3n) is 6.98. The minimum absolute atomic E-state index is 0.271. The van der Waals surface area contributed by atoms with Crippen molar-refractivity contribution in [2.75, 3.05) is 10.8 Å². The van der Waals surface area contributed by atoms with Crippen molar-refractivity contribution in [3.8, 4) is 16.9 Å². The maximum Gasteiger partial charge on any atom is 0.326 e. The fourth-order valence-electron chi connectivity index (χ4n) is 4.78. The highest BCUT2D eigenvalue weighted by atomic mass is 35.5. The van der Waals surface area contributed by atoms with Gasteiger partial charge < -0.3 is 4.57 Å². The van der Waals surface area contributed by atoms with E-state index in [1.807, 2.05) is 27.6 Å². The third kappa shape index (κ3) is 6.50. The Morgan fingerprint density at radius 1 is 1.05 bits per heavy atom. The van der Waals surface area contributed by atoms with Gasteiger partial charge in [0.2, 0.25) is 0 Å². The molecule has 5 rings (SSSR count). The van der Waals surface area contributed by atoms with Gasteiger partial charge in [0.15, 0.2) is 0 Å². The minimum Gasteiger partial charge on any atom is -0.303 e. The van der Waals surface area contributed by atoms with Crippen LogP contribution in [0.25, 0.3) is 22.5 Å². The number of allylic oxidation sites excluding steroid dienone is 2. The maximum atomic E-state index is 12.5. The van der Waals surface area contributed by atoms with Crippen LogP contribution in [0.2, 0.25) is 10.0 Å². The Morgan fingerprint density at radius 3 is 2.49 bits per heavy atom. The van der Waals surface area contributed by atoms with E-state index in [0.717, 1.165) is 27.7 Å². The number of hydrogen-bond acceptors (Lipinski definition) is 4. The van der Waals surface area contributed by atoms with Gasteiger partial charge in [-0.2, -0.15) is 8.42 Å². The Kier molecular flexibility index (Phi) is 8.54. The van der Waals surface area contributed by atoms with Crippen LogP contribution in [-0.4, -0.2) is 30.4 Å². The monoisotopic (exact) mass is 608 g/mol. The van der Waals surface area contributed by atoms with Gasteiger partial charge in [0.05, 0.1) is 16.4 Å². The summed E-state index contributed by atoms with van der Waals surface area (Å²) < 4.78 is 30.0. The van der Waals surface area contributed by atoms with E-state index in [-0.39, 0.29) is 6.54 Å². The van der Waals surface area contributed by atoms with Gasteiger partial charge in [0, 0.05) is 28.9 Å². The summed E-state index contributed by atoms with van der Waals surface area (Å²) in [7, 11) is -3.94. The lowest BCUT2D eigenvalue weighted by Crippen LogP contribution is -2.29. The molecule has 1 saturated heterocycles. The molecule has 1 amide bonds. The number of carbonyl (C=O) groups is 1. The molecule has 1 aromatic heterocycles. The van der Waals surface area contributed by atoms with Crippen molar-refractivity contribution in [3.05, 3.63) is 106 Å². The van der Waals surface area contributed by atoms with Gasteiger partial charge in [-0.3, -0.25) is 4.79 Å². The lowest BCUT2D eigenvalue weighted by Gasteiger charge is -2.16. The highest BCUT2D eigenvalue weighted by molar-refractivity contribution is 7.92. The normalized spacial score (nSPS) is 14.9. The molecule has 0 aliphatic carbocycles. The Labute approximate surface area is 250 Å². The highest BCUT2D eigenvalue weighted by Gasteiger charge is 2.34. The van der Waals surface area contributed by atoms with E-state index in [1.54, 1.807) is 30.3 Å². The molecule has 4 aromatic rings. The van der Waals surface area contributed by atoms with E-state index >= 15 is 0 Å². The summed E-state index contributed by atoms with van der Waals surface area (Å²) in [5.41, 5.74) is 5.97. The zero-order chi connectivity index (χ0) is 29.1. The number of anilines is 1. The predicted octanol–water partition coefficient (Wildman–Crippen LogP) is 7.21. The van der Waals surface area contributed by atoms with Gasteiger partial charge >= 0.3 is 10.2 Å². The van der Waals surface area contributed by atoms with Crippen LogP contribution < -0.4 is 9.03 Å². The second-order valence-electron chi connectivity index (χ2n) is 10.00. The molecule has 0 bridgehead atoms. The molecule has 2 heterocycles. The van der Waals surface area contributed by atoms with E-state index in [2.05, 4.69) is 44.2 Å². The molecule has 3 aromatic carbocycles. The van der Waals surface area contributed by atoms with Crippen LogP contribution in [0, 0.1) is 0 Å². The second-order valence-corrected chi connectivity index (χ2v) is 12.4. The summed E-state index contributed by atoms with van der Waals surface area (Å²) in [6.07, 6.45) is 8.10. The first-order valence-corrected chi connectivity index (χ1v) is 15.6. The summed E-state index contributed by atoms with van der Waals surface area (Å²) in [5, 5.41) is 1.00. The number of amides is 1. The van der Waals surface area contributed by atoms with Crippen LogP contribution in [0.15, 0.2) is 79.0 Å². The minimum atomic E-state index is -3.94. The molecule has 0 spiro atoms. The van der Waals surface area contributed by atoms with Crippen LogP contribution in [0.5, 0.6) is 0 Å². The van der Waals surface area contributed by atoms with Crippen LogP contribution in [0.1, 0.15) is 50.1 Å². The molecule has 0 atom stereocenters. The van der Waals surface area contributed by atoms with Crippen LogP contribution >= 0.6 is 23.2 Å². The number of nitrogens with one attached hydrogen (secondary N) is 1. The second kappa shape index (κ2) is 12.1. The van der Waals surface area contributed by atoms with Crippen LogP contribution in [0.3, 0.4) is 0 Å². The number of unbranched alkanes of at least 4 members (excludes halogenated alkanes) is 2. The Morgan fingerprint density at radius 2 is 1.80 bits per heavy atom. The molecule has 0 radical (unpaired) electrons. The largest absolute Gasteiger partial charge is 0.326 e. The van der Waals surface area contributed by atoms with Crippen LogP contribution in [0.4, 0.5) is 5.69 Å². The van der Waals surface area contributed by atoms with Crippen molar-refractivity contribution in [3.63, 3.8) is 0 Å². The van der Waals surface area contributed by atoms with Crippen molar-refractivity contribution in [1.29, 1.82) is 0 Å².